The van der Waals surface area contributed by atoms with Crippen molar-refractivity contribution in [2.45, 2.75) is 18.1 Å². The lowest BCUT2D eigenvalue weighted by Gasteiger charge is -2.18. The Morgan fingerprint density at radius 3 is 2.52 bits per heavy atom. The number of nitrogens with zero attached hydrogens (tertiary/aromatic N) is 1. The van der Waals surface area contributed by atoms with Crippen molar-refractivity contribution in [1.29, 1.82) is 0 Å². The molecule has 0 aromatic heterocycles. The number of halogens is 2. The van der Waals surface area contributed by atoms with Gasteiger partial charge in [-0.3, -0.25) is 4.79 Å². The van der Waals surface area contributed by atoms with E-state index in [9.17, 15) is 4.79 Å². The second kappa shape index (κ2) is 7.28. The molecule has 25 heavy (non-hydrogen) atoms. The number of hydrogen-bond donors (Lipinski definition) is 1. The Hall–Kier alpha value is -1.69. The van der Waals surface area contributed by atoms with Crippen molar-refractivity contribution in [3.63, 3.8) is 0 Å². The molecule has 1 unspecified atom stereocenters. The Kier molecular flexibility index (Phi) is 5.27. The van der Waals surface area contributed by atoms with E-state index in [1.807, 2.05) is 31.2 Å². The average molecular weight is 395 g/mol. The third-order valence-electron chi connectivity index (χ3n) is 3.86. The number of nitrogens with one attached hydrogen (secondary N) is 1. The second-order valence-electron chi connectivity index (χ2n) is 5.83. The third-order valence-corrected chi connectivity index (χ3v) is 5.76. The van der Waals surface area contributed by atoms with Gasteiger partial charge in [0.2, 0.25) is 5.91 Å². The van der Waals surface area contributed by atoms with Gasteiger partial charge in [0.1, 0.15) is 10.5 Å². The predicted molar refractivity (Wildman–Crippen MR) is 104 cm³/mol. The van der Waals surface area contributed by atoms with Crippen LogP contribution in [0.15, 0.2) is 47.5 Å². The lowest BCUT2D eigenvalue weighted by molar-refractivity contribution is -0.121. The number of methoxy groups -OCH3 is 1. The molecule has 1 heterocycles. The fourth-order valence-corrected chi connectivity index (χ4v) is 3.88. The molecule has 130 valence electrons. The quantitative estimate of drug-likeness (QED) is 0.805. The Morgan fingerprint density at radius 1 is 1.16 bits per heavy atom. The highest BCUT2D eigenvalue weighted by Gasteiger charge is 2.42. The van der Waals surface area contributed by atoms with Gasteiger partial charge in [0.25, 0.3) is 0 Å². The van der Waals surface area contributed by atoms with Crippen LogP contribution in [0.4, 0.5) is 5.69 Å². The van der Waals surface area contributed by atoms with Crippen LogP contribution < -0.4 is 10.1 Å². The molecule has 0 bridgehead atoms. The maximum absolute atomic E-state index is 12.5. The predicted octanol–water partition coefficient (Wildman–Crippen LogP) is 4.85. The zero-order chi connectivity index (χ0) is 18.0. The summed E-state index contributed by atoms with van der Waals surface area (Å²) in [5, 5.41) is 4.30. The summed E-state index contributed by atoms with van der Waals surface area (Å²) >= 11 is 13.3. The number of benzene rings is 2. The van der Waals surface area contributed by atoms with Crippen LogP contribution in [0.2, 0.25) is 10.0 Å². The lowest BCUT2D eigenvalue weighted by atomic mass is 9.99. The summed E-state index contributed by atoms with van der Waals surface area (Å²) in [6, 6.07) is 12.8. The first-order valence-corrected chi connectivity index (χ1v) is 9.14. The number of rotatable bonds is 4. The molecular weight excluding hydrogens is 379 g/mol. The molecule has 1 aliphatic heterocycles. The first kappa shape index (κ1) is 18.1. The molecule has 1 amide bonds. The number of hydrogen-bond acceptors (Lipinski definition) is 4. The van der Waals surface area contributed by atoms with Crippen molar-refractivity contribution in [3.8, 4) is 5.75 Å². The number of amidine groups is 1. The number of thioether (sulfide) groups is 1. The molecule has 7 heteroatoms. The molecule has 0 saturated carbocycles. The van der Waals surface area contributed by atoms with E-state index in [1.165, 1.54) is 11.8 Å². The molecule has 1 aliphatic rings. The van der Waals surface area contributed by atoms with Crippen LogP contribution in [-0.2, 0) is 11.2 Å². The number of aliphatic imine (C=N–C) groups is 1. The molecule has 1 atom stereocenters. The molecule has 2 aromatic carbocycles. The number of carbonyl (C=O) groups excluding carboxylic acids is 1. The second-order valence-corrected chi connectivity index (χ2v) is 8.13. The van der Waals surface area contributed by atoms with E-state index in [-0.39, 0.29) is 5.91 Å². The number of amides is 1. The van der Waals surface area contributed by atoms with E-state index in [0.29, 0.717) is 27.3 Å². The number of carbonyl (C=O) groups is 1. The zero-order valence-electron chi connectivity index (χ0n) is 13.7. The summed E-state index contributed by atoms with van der Waals surface area (Å²) in [5.41, 5.74) is 1.70. The SMILES string of the molecule is COc1ccc(CC2(C)SC(=Nc3ccc(Cl)c(Cl)c3)NC2=O)cc1. The van der Waals surface area contributed by atoms with Crippen LogP contribution in [0.3, 0.4) is 0 Å². The summed E-state index contributed by atoms with van der Waals surface area (Å²) in [7, 11) is 1.63. The highest BCUT2D eigenvalue weighted by atomic mass is 35.5. The topological polar surface area (TPSA) is 50.7 Å². The highest BCUT2D eigenvalue weighted by molar-refractivity contribution is 8.16. The standard InChI is InChI=1S/C18H16Cl2N2O2S/c1-18(10-11-3-6-13(24-2)7-4-11)16(23)22-17(25-18)21-12-5-8-14(19)15(20)9-12/h3-9H,10H2,1-2H3,(H,21,22,23). The van der Waals surface area contributed by atoms with Crippen molar-refractivity contribution in [3.05, 3.63) is 58.1 Å². The average Bonchev–Trinajstić information content (AvgIpc) is 2.85. The molecule has 4 nitrogen and oxygen atoms in total. The summed E-state index contributed by atoms with van der Waals surface area (Å²) in [4.78, 5) is 16.9. The highest BCUT2D eigenvalue weighted by Crippen LogP contribution is 2.36. The number of ether oxygens (including phenoxy) is 1. The van der Waals surface area contributed by atoms with Gasteiger partial charge in [-0.25, -0.2) is 4.99 Å². The van der Waals surface area contributed by atoms with Crippen molar-refractivity contribution < 1.29 is 9.53 Å². The van der Waals surface area contributed by atoms with Gasteiger partial charge >= 0.3 is 0 Å². The molecule has 0 radical (unpaired) electrons. The van der Waals surface area contributed by atoms with E-state index in [4.69, 9.17) is 27.9 Å². The Balaban J connectivity index is 1.78. The van der Waals surface area contributed by atoms with Crippen LogP contribution in [-0.4, -0.2) is 22.9 Å². The minimum atomic E-state index is -0.621. The first-order chi connectivity index (χ1) is 11.9. The molecular formula is C18H16Cl2N2O2S. The van der Waals surface area contributed by atoms with E-state index in [2.05, 4.69) is 10.3 Å². The molecule has 1 fully saturated rings. The van der Waals surface area contributed by atoms with Crippen LogP contribution >= 0.6 is 35.0 Å². The Bertz CT molecular complexity index is 839. The fraction of sp³-hybridized carbons (Fsp3) is 0.222. The van der Waals surface area contributed by atoms with Crippen LogP contribution in [0.5, 0.6) is 5.75 Å². The first-order valence-electron chi connectivity index (χ1n) is 7.57. The zero-order valence-corrected chi connectivity index (χ0v) is 16.0. The maximum Gasteiger partial charge on any atom is 0.242 e. The van der Waals surface area contributed by atoms with Gasteiger partial charge in [-0.15, -0.1) is 0 Å². The Morgan fingerprint density at radius 2 is 1.88 bits per heavy atom. The van der Waals surface area contributed by atoms with Gasteiger partial charge in [0.15, 0.2) is 5.17 Å². The van der Waals surface area contributed by atoms with Gasteiger partial charge in [0, 0.05) is 0 Å². The molecule has 0 spiro atoms. The van der Waals surface area contributed by atoms with E-state index in [0.717, 1.165) is 11.3 Å². The monoisotopic (exact) mass is 394 g/mol. The van der Waals surface area contributed by atoms with Crippen molar-refractivity contribution in [2.24, 2.45) is 4.99 Å². The van der Waals surface area contributed by atoms with Gasteiger partial charge in [-0.2, -0.15) is 0 Å². The molecule has 3 rings (SSSR count). The normalized spacial score (nSPS) is 21.4. The van der Waals surface area contributed by atoms with Crippen molar-refractivity contribution >= 4 is 51.7 Å². The van der Waals surface area contributed by atoms with Crippen LogP contribution in [0.25, 0.3) is 0 Å². The summed E-state index contributed by atoms with van der Waals surface area (Å²) in [5.74, 6) is 0.728. The summed E-state index contributed by atoms with van der Waals surface area (Å²) < 4.78 is 4.54. The largest absolute Gasteiger partial charge is 0.497 e. The van der Waals surface area contributed by atoms with Crippen LogP contribution in [0, 0.1) is 0 Å². The van der Waals surface area contributed by atoms with Crippen LogP contribution in [0.1, 0.15) is 12.5 Å². The summed E-state index contributed by atoms with van der Waals surface area (Å²) in [6.07, 6.45) is 0.591. The van der Waals surface area contributed by atoms with E-state index >= 15 is 0 Å². The molecule has 2 aromatic rings. The summed E-state index contributed by atoms with van der Waals surface area (Å²) in [6.45, 7) is 1.91. The minimum Gasteiger partial charge on any atom is -0.497 e. The fourth-order valence-electron chi connectivity index (χ4n) is 2.49. The smallest absolute Gasteiger partial charge is 0.242 e. The van der Waals surface area contributed by atoms with Gasteiger partial charge < -0.3 is 10.1 Å². The van der Waals surface area contributed by atoms with Gasteiger partial charge in [-0.05, 0) is 49.2 Å². The lowest BCUT2D eigenvalue weighted by Crippen LogP contribution is -2.35. The minimum absolute atomic E-state index is 0.0628. The van der Waals surface area contributed by atoms with E-state index < -0.39 is 4.75 Å². The third kappa shape index (κ3) is 4.11. The molecule has 0 aliphatic carbocycles. The molecule has 1 saturated heterocycles. The van der Waals surface area contributed by atoms with E-state index in [1.54, 1.807) is 25.3 Å². The van der Waals surface area contributed by atoms with Crippen molar-refractivity contribution in [2.75, 3.05) is 7.11 Å². The Labute approximate surface area is 160 Å². The van der Waals surface area contributed by atoms with Gasteiger partial charge in [-0.1, -0.05) is 47.1 Å². The van der Waals surface area contributed by atoms with Crippen molar-refractivity contribution in [1.82, 2.24) is 5.32 Å². The van der Waals surface area contributed by atoms with Gasteiger partial charge in [0.05, 0.1) is 22.8 Å². The molecule has 1 N–H and O–H groups in total. The maximum atomic E-state index is 12.5.